The second-order valence-electron chi connectivity index (χ2n) is 6.38. The summed E-state index contributed by atoms with van der Waals surface area (Å²) in [5.74, 6) is -0.474. The van der Waals surface area contributed by atoms with Crippen LogP contribution in [0.4, 0.5) is 11.4 Å². The number of rotatable bonds is 5. The molecule has 5 nitrogen and oxygen atoms in total. The third kappa shape index (κ3) is 4.41. The van der Waals surface area contributed by atoms with Crippen molar-refractivity contribution in [3.63, 3.8) is 0 Å². The van der Waals surface area contributed by atoms with E-state index in [0.29, 0.717) is 5.69 Å². The molecule has 0 bridgehead atoms. The maximum Gasteiger partial charge on any atom is 0.248 e. The Labute approximate surface area is 173 Å². The minimum absolute atomic E-state index is 0.223. The molecule has 3 aromatic carbocycles. The van der Waals surface area contributed by atoms with E-state index in [0.717, 1.165) is 21.3 Å². The van der Waals surface area contributed by atoms with Gasteiger partial charge < -0.3 is 5.32 Å². The molecule has 0 aromatic heterocycles. The largest absolute Gasteiger partial charge is 0.324 e. The average Bonchev–Trinajstić information content (AvgIpc) is 2.60. The van der Waals surface area contributed by atoms with Crippen LogP contribution in [0.25, 0.3) is 10.8 Å². The van der Waals surface area contributed by atoms with E-state index in [4.69, 9.17) is 23.2 Å². The highest BCUT2D eigenvalue weighted by molar-refractivity contribution is 7.92. The number of benzene rings is 3. The van der Waals surface area contributed by atoms with Gasteiger partial charge in [0, 0.05) is 21.1 Å². The molecule has 28 heavy (non-hydrogen) atoms. The Bertz CT molecular complexity index is 1120. The van der Waals surface area contributed by atoms with Crippen LogP contribution >= 0.6 is 23.2 Å². The predicted octanol–water partition coefficient (Wildman–Crippen LogP) is 4.94. The van der Waals surface area contributed by atoms with Gasteiger partial charge >= 0.3 is 0 Å². The van der Waals surface area contributed by atoms with E-state index in [1.54, 1.807) is 6.07 Å². The van der Waals surface area contributed by atoms with Gasteiger partial charge in [-0.3, -0.25) is 9.10 Å². The van der Waals surface area contributed by atoms with E-state index < -0.39 is 22.0 Å². The first-order chi connectivity index (χ1) is 13.2. The fourth-order valence-corrected chi connectivity index (χ4v) is 4.72. The predicted molar refractivity (Wildman–Crippen MR) is 116 cm³/mol. The topological polar surface area (TPSA) is 66.5 Å². The summed E-state index contributed by atoms with van der Waals surface area (Å²) in [5, 5.41) is 5.21. The van der Waals surface area contributed by atoms with Crippen molar-refractivity contribution in [2.45, 2.75) is 13.0 Å². The summed E-state index contributed by atoms with van der Waals surface area (Å²) in [6.45, 7) is 1.51. The van der Waals surface area contributed by atoms with E-state index in [1.165, 1.54) is 25.1 Å². The maximum absolute atomic E-state index is 12.9. The van der Waals surface area contributed by atoms with Gasteiger partial charge in [0.2, 0.25) is 15.9 Å². The van der Waals surface area contributed by atoms with Crippen LogP contribution in [0, 0.1) is 0 Å². The zero-order valence-electron chi connectivity index (χ0n) is 15.2. The standard InChI is InChI=1S/C20H18Cl2N2O3S/c1-13(24(28(2,26)27)17-11-15(21)10-16(22)12-17)20(25)23-19-9-5-7-14-6-3-4-8-18(14)19/h3-13H,1-2H3,(H,23,25)/t13-/m1/s1. The molecule has 0 heterocycles. The first kappa shape index (κ1) is 20.5. The van der Waals surface area contributed by atoms with Gasteiger partial charge in [-0.2, -0.15) is 0 Å². The fraction of sp³-hybridized carbons (Fsp3) is 0.150. The number of fused-ring (bicyclic) bond motifs is 1. The highest BCUT2D eigenvalue weighted by atomic mass is 35.5. The van der Waals surface area contributed by atoms with Crippen molar-refractivity contribution in [2.24, 2.45) is 0 Å². The van der Waals surface area contributed by atoms with E-state index in [1.807, 2.05) is 36.4 Å². The van der Waals surface area contributed by atoms with Crippen LogP contribution in [0.15, 0.2) is 60.7 Å². The first-order valence-corrected chi connectivity index (χ1v) is 11.0. The molecule has 0 spiro atoms. The molecule has 0 aliphatic rings. The van der Waals surface area contributed by atoms with Crippen molar-refractivity contribution >= 4 is 61.3 Å². The van der Waals surface area contributed by atoms with Crippen LogP contribution in [0.1, 0.15) is 6.92 Å². The lowest BCUT2D eigenvalue weighted by Crippen LogP contribution is -2.45. The molecule has 1 amide bonds. The van der Waals surface area contributed by atoms with Gasteiger partial charge in [-0.25, -0.2) is 8.42 Å². The number of hydrogen-bond donors (Lipinski definition) is 1. The van der Waals surface area contributed by atoms with Crippen LogP contribution in [-0.4, -0.2) is 26.6 Å². The summed E-state index contributed by atoms with van der Waals surface area (Å²) in [4.78, 5) is 12.9. The Morgan fingerprint density at radius 3 is 2.25 bits per heavy atom. The number of anilines is 2. The van der Waals surface area contributed by atoms with Crippen LogP contribution in [-0.2, 0) is 14.8 Å². The van der Waals surface area contributed by atoms with Crippen LogP contribution in [0.3, 0.4) is 0 Å². The van der Waals surface area contributed by atoms with Crippen LogP contribution < -0.4 is 9.62 Å². The van der Waals surface area contributed by atoms with Gasteiger partial charge in [0.1, 0.15) is 6.04 Å². The molecule has 0 saturated carbocycles. The molecule has 0 aliphatic heterocycles. The Kier molecular flexibility index (Phi) is 5.84. The number of carbonyl (C=O) groups is 1. The monoisotopic (exact) mass is 436 g/mol. The Balaban J connectivity index is 1.96. The number of hydrogen-bond acceptors (Lipinski definition) is 3. The number of amides is 1. The van der Waals surface area contributed by atoms with Crippen molar-refractivity contribution in [3.8, 4) is 0 Å². The Morgan fingerprint density at radius 2 is 1.61 bits per heavy atom. The molecule has 1 atom stereocenters. The van der Waals surface area contributed by atoms with E-state index in [-0.39, 0.29) is 15.7 Å². The quantitative estimate of drug-likeness (QED) is 0.615. The van der Waals surface area contributed by atoms with E-state index >= 15 is 0 Å². The van der Waals surface area contributed by atoms with Crippen molar-refractivity contribution in [2.75, 3.05) is 15.9 Å². The van der Waals surface area contributed by atoms with Gasteiger partial charge in [-0.15, -0.1) is 0 Å². The Hall–Kier alpha value is -2.28. The minimum atomic E-state index is -3.78. The molecular weight excluding hydrogens is 419 g/mol. The Morgan fingerprint density at radius 1 is 1.00 bits per heavy atom. The second kappa shape index (κ2) is 7.99. The molecule has 0 fully saturated rings. The lowest BCUT2D eigenvalue weighted by atomic mass is 10.1. The fourth-order valence-electron chi connectivity index (χ4n) is 3.05. The lowest BCUT2D eigenvalue weighted by molar-refractivity contribution is -0.116. The zero-order valence-corrected chi connectivity index (χ0v) is 17.5. The summed E-state index contributed by atoms with van der Waals surface area (Å²) >= 11 is 12.0. The number of nitrogens with one attached hydrogen (secondary N) is 1. The summed E-state index contributed by atoms with van der Waals surface area (Å²) in [6, 6.07) is 16.5. The molecule has 1 N–H and O–H groups in total. The summed E-state index contributed by atoms with van der Waals surface area (Å²) in [7, 11) is -3.78. The molecule has 8 heteroatoms. The third-order valence-electron chi connectivity index (χ3n) is 4.24. The molecule has 3 aromatic rings. The maximum atomic E-state index is 12.9. The lowest BCUT2D eigenvalue weighted by Gasteiger charge is -2.28. The second-order valence-corrected chi connectivity index (χ2v) is 9.11. The summed E-state index contributed by atoms with van der Waals surface area (Å²) in [5.41, 5.74) is 0.827. The van der Waals surface area contributed by atoms with Gasteiger partial charge in [-0.05, 0) is 36.6 Å². The van der Waals surface area contributed by atoms with Crippen molar-refractivity contribution in [1.29, 1.82) is 0 Å². The van der Waals surface area contributed by atoms with Crippen molar-refractivity contribution in [3.05, 3.63) is 70.7 Å². The minimum Gasteiger partial charge on any atom is -0.324 e. The van der Waals surface area contributed by atoms with Gasteiger partial charge in [-0.1, -0.05) is 59.6 Å². The summed E-state index contributed by atoms with van der Waals surface area (Å²) < 4.78 is 25.9. The normalized spacial score (nSPS) is 12.6. The SMILES string of the molecule is C[C@H](C(=O)Nc1cccc2ccccc12)N(c1cc(Cl)cc(Cl)c1)S(C)(=O)=O. The third-order valence-corrected chi connectivity index (χ3v) is 5.92. The molecule has 0 radical (unpaired) electrons. The number of nitrogens with zero attached hydrogens (tertiary/aromatic N) is 1. The van der Waals surface area contributed by atoms with Gasteiger partial charge in [0.25, 0.3) is 0 Å². The van der Waals surface area contributed by atoms with E-state index in [2.05, 4.69) is 5.32 Å². The molecule has 3 rings (SSSR count). The smallest absolute Gasteiger partial charge is 0.248 e. The van der Waals surface area contributed by atoms with Crippen molar-refractivity contribution < 1.29 is 13.2 Å². The zero-order chi connectivity index (χ0) is 20.5. The number of sulfonamides is 1. The molecular formula is C20H18Cl2N2O3S. The van der Waals surface area contributed by atoms with Crippen molar-refractivity contribution in [1.82, 2.24) is 0 Å². The summed E-state index contributed by atoms with van der Waals surface area (Å²) in [6.07, 6.45) is 1.03. The molecule has 146 valence electrons. The highest BCUT2D eigenvalue weighted by Gasteiger charge is 2.30. The first-order valence-electron chi connectivity index (χ1n) is 8.41. The molecule has 0 aliphatic carbocycles. The van der Waals surface area contributed by atoms with Gasteiger partial charge in [0.05, 0.1) is 11.9 Å². The number of carbonyl (C=O) groups excluding carboxylic acids is 1. The van der Waals surface area contributed by atoms with Crippen LogP contribution in [0.2, 0.25) is 10.0 Å². The van der Waals surface area contributed by atoms with Crippen LogP contribution in [0.5, 0.6) is 0 Å². The van der Waals surface area contributed by atoms with Gasteiger partial charge in [0.15, 0.2) is 0 Å². The highest BCUT2D eigenvalue weighted by Crippen LogP contribution is 2.29. The van der Waals surface area contributed by atoms with E-state index in [9.17, 15) is 13.2 Å². The average molecular weight is 437 g/mol. The molecule has 0 saturated heterocycles. The number of halogens is 2. The molecule has 0 unspecified atom stereocenters.